The number of benzene rings is 2. The van der Waals surface area contributed by atoms with Gasteiger partial charge in [-0.2, -0.15) is 0 Å². The van der Waals surface area contributed by atoms with Gasteiger partial charge in [0.15, 0.2) is 23.2 Å². The van der Waals surface area contributed by atoms with E-state index in [4.69, 9.17) is 0 Å². The van der Waals surface area contributed by atoms with Gasteiger partial charge in [0.1, 0.15) is 5.52 Å². The van der Waals surface area contributed by atoms with Crippen molar-refractivity contribution in [3.63, 3.8) is 0 Å². The molecule has 24 heavy (non-hydrogen) atoms. The fraction of sp³-hybridized carbons (Fsp3) is 0.0588. The monoisotopic (exact) mass is 334 g/mol. The molecule has 0 aliphatic rings. The minimum absolute atomic E-state index is 0. The van der Waals surface area contributed by atoms with Gasteiger partial charge in [-0.25, -0.2) is 13.2 Å². The first-order chi connectivity index (χ1) is 11.0. The van der Waals surface area contributed by atoms with Crippen molar-refractivity contribution in [1.29, 1.82) is 0 Å². The summed E-state index contributed by atoms with van der Waals surface area (Å²) >= 11 is 0. The van der Waals surface area contributed by atoms with Crippen molar-refractivity contribution in [3.8, 4) is 5.75 Å². The molecule has 0 fully saturated rings. The molecule has 0 aliphatic heterocycles. The highest BCUT2D eigenvalue weighted by atomic mass is 19.2. The van der Waals surface area contributed by atoms with Crippen LogP contribution >= 0.6 is 0 Å². The van der Waals surface area contributed by atoms with Gasteiger partial charge in [0.2, 0.25) is 0 Å². The van der Waals surface area contributed by atoms with Gasteiger partial charge in [0.25, 0.3) is 5.91 Å². The minimum Gasteiger partial charge on any atom is -0.505 e. The van der Waals surface area contributed by atoms with Gasteiger partial charge in [-0.05, 0) is 24.3 Å². The number of anilines is 1. The molecule has 0 saturated carbocycles. The van der Waals surface area contributed by atoms with Gasteiger partial charge >= 0.3 is 0 Å². The van der Waals surface area contributed by atoms with Crippen LogP contribution in [0.5, 0.6) is 5.75 Å². The van der Waals surface area contributed by atoms with Gasteiger partial charge in [-0.3, -0.25) is 9.78 Å². The molecule has 7 heteroatoms. The van der Waals surface area contributed by atoms with Crippen molar-refractivity contribution < 1.29 is 23.1 Å². The Morgan fingerprint density at radius 2 is 1.79 bits per heavy atom. The zero-order valence-corrected chi connectivity index (χ0v) is 11.5. The molecule has 0 bridgehead atoms. The highest BCUT2D eigenvalue weighted by Crippen LogP contribution is 2.28. The summed E-state index contributed by atoms with van der Waals surface area (Å²) in [6, 6.07) is 7.82. The highest BCUT2D eigenvalue weighted by Gasteiger charge is 2.19. The lowest BCUT2D eigenvalue weighted by atomic mass is 10.1. The van der Waals surface area contributed by atoms with E-state index in [0.717, 1.165) is 6.07 Å². The average molecular weight is 334 g/mol. The maximum absolute atomic E-state index is 13.6. The minimum atomic E-state index is -1.69. The smallest absolute Gasteiger partial charge is 0.259 e. The second-order valence-electron chi connectivity index (χ2n) is 4.71. The van der Waals surface area contributed by atoms with Crippen molar-refractivity contribution in [3.05, 3.63) is 65.6 Å². The van der Waals surface area contributed by atoms with Crippen LogP contribution in [0.4, 0.5) is 18.9 Å². The normalized spacial score (nSPS) is 10.3. The molecule has 1 heterocycles. The summed E-state index contributed by atoms with van der Waals surface area (Å²) in [7, 11) is 0. The summed E-state index contributed by atoms with van der Waals surface area (Å²) < 4.78 is 39.6. The van der Waals surface area contributed by atoms with E-state index in [2.05, 4.69) is 10.3 Å². The number of fused-ring (bicyclic) bond motifs is 1. The molecule has 3 aromatic rings. The van der Waals surface area contributed by atoms with Crippen molar-refractivity contribution >= 4 is 22.5 Å². The molecular weight excluding hydrogens is 321 g/mol. The molecule has 1 aromatic heterocycles. The summed E-state index contributed by atoms with van der Waals surface area (Å²) in [5, 5.41) is 12.8. The molecule has 0 radical (unpaired) electrons. The molecule has 0 aliphatic carbocycles. The number of phenolic OH excluding ortho intramolecular Hbond substituents is 1. The standard InChI is InChI=1S/C16H9F3N2O2.CH4/c17-10-5-6-11(13(19)12(10)18)21-16(23)9-4-3-8-2-1-7-20-14(8)15(9)22;/h1-7,22H,(H,21,23);1H4. The topological polar surface area (TPSA) is 62.2 Å². The Balaban J connectivity index is 0.00000208. The number of halogens is 3. The van der Waals surface area contributed by atoms with E-state index in [1.54, 1.807) is 18.2 Å². The second-order valence-corrected chi connectivity index (χ2v) is 4.71. The van der Waals surface area contributed by atoms with E-state index in [-0.39, 0.29) is 24.3 Å². The molecule has 0 atom stereocenters. The van der Waals surface area contributed by atoms with Gasteiger partial charge in [0.05, 0.1) is 11.3 Å². The quantitative estimate of drug-likeness (QED) is 0.689. The Morgan fingerprint density at radius 1 is 1.04 bits per heavy atom. The van der Waals surface area contributed by atoms with Crippen LogP contribution in [0.2, 0.25) is 0 Å². The van der Waals surface area contributed by atoms with Crippen LogP contribution in [0.15, 0.2) is 42.6 Å². The maximum atomic E-state index is 13.6. The number of nitrogens with one attached hydrogen (secondary N) is 1. The number of hydrogen-bond acceptors (Lipinski definition) is 3. The van der Waals surface area contributed by atoms with Gasteiger partial charge in [-0.15, -0.1) is 0 Å². The maximum Gasteiger partial charge on any atom is 0.259 e. The summed E-state index contributed by atoms with van der Waals surface area (Å²) in [5.41, 5.74) is -0.499. The predicted octanol–water partition coefficient (Wildman–Crippen LogP) is 4.25. The van der Waals surface area contributed by atoms with E-state index in [1.165, 1.54) is 12.3 Å². The van der Waals surface area contributed by atoms with Gasteiger partial charge in [0, 0.05) is 11.6 Å². The Kier molecular flexibility index (Phi) is 4.73. The first-order valence-electron chi connectivity index (χ1n) is 6.50. The molecule has 0 spiro atoms. The largest absolute Gasteiger partial charge is 0.505 e. The summed E-state index contributed by atoms with van der Waals surface area (Å²) in [6.45, 7) is 0. The first-order valence-corrected chi connectivity index (χ1v) is 6.50. The number of carbonyl (C=O) groups excluding carboxylic acids is 1. The lowest BCUT2D eigenvalue weighted by Crippen LogP contribution is -2.14. The third kappa shape index (κ3) is 2.88. The number of rotatable bonds is 2. The van der Waals surface area contributed by atoms with Crippen molar-refractivity contribution in [2.45, 2.75) is 7.43 Å². The Labute approximate surface area is 135 Å². The second kappa shape index (κ2) is 6.57. The van der Waals surface area contributed by atoms with Gasteiger partial charge in [-0.1, -0.05) is 19.6 Å². The van der Waals surface area contributed by atoms with Crippen LogP contribution in [-0.2, 0) is 0 Å². The van der Waals surface area contributed by atoms with Crippen LogP contribution in [0, 0.1) is 17.5 Å². The Hall–Kier alpha value is -3.09. The van der Waals surface area contributed by atoms with Crippen LogP contribution < -0.4 is 5.32 Å². The number of pyridine rings is 1. The molecule has 2 N–H and O–H groups in total. The molecule has 0 saturated heterocycles. The highest BCUT2D eigenvalue weighted by molar-refractivity contribution is 6.09. The fourth-order valence-corrected chi connectivity index (χ4v) is 2.13. The number of hydrogen-bond donors (Lipinski definition) is 2. The van der Waals surface area contributed by atoms with Crippen molar-refractivity contribution in [2.24, 2.45) is 0 Å². The molecular formula is C17H13F3N2O2. The molecule has 4 nitrogen and oxygen atoms in total. The van der Waals surface area contributed by atoms with E-state index >= 15 is 0 Å². The summed E-state index contributed by atoms with van der Waals surface area (Å²) in [6.07, 6.45) is 1.44. The number of aromatic hydroxyl groups is 1. The van der Waals surface area contributed by atoms with Gasteiger partial charge < -0.3 is 10.4 Å². The van der Waals surface area contributed by atoms with Crippen LogP contribution in [0.3, 0.4) is 0 Å². The van der Waals surface area contributed by atoms with Crippen molar-refractivity contribution in [2.75, 3.05) is 5.32 Å². The molecule has 0 unspecified atom stereocenters. The molecule has 3 rings (SSSR count). The molecule has 124 valence electrons. The third-order valence-corrected chi connectivity index (χ3v) is 3.28. The number of aromatic nitrogens is 1. The van der Waals surface area contributed by atoms with E-state index < -0.39 is 29.0 Å². The molecule has 1 amide bonds. The summed E-state index contributed by atoms with van der Waals surface area (Å²) in [4.78, 5) is 16.1. The molecule has 2 aromatic carbocycles. The zero-order valence-electron chi connectivity index (χ0n) is 11.5. The number of phenols is 1. The zero-order chi connectivity index (χ0) is 16.6. The predicted molar refractivity (Wildman–Crippen MR) is 84.4 cm³/mol. The van der Waals surface area contributed by atoms with E-state index in [0.29, 0.717) is 11.5 Å². The number of nitrogens with zero attached hydrogens (tertiary/aromatic N) is 1. The van der Waals surface area contributed by atoms with Crippen LogP contribution in [-0.4, -0.2) is 16.0 Å². The Bertz CT molecular complexity index is 929. The van der Waals surface area contributed by atoms with E-state index in [1.807, 2.05) is 0 Å². The average Bonchev–Trinajstić information content (AvgIpc) is 2.56. The SMILES string of the molecule is C.O=C(Nc1ccc(F)c(F)c1F)c1ccc2cccnc2c1O. The van der Waals surface area contributed by atoms with Crippen LogP contribution in [0.1, 0.15) is 17.8 Å². The fourth-order valence-electron chi connectivity index (χ4n) is 2.13. The Morgan fingerprint density at radius 3 is 2.54 bits per heavy atom. The number of amides is 1. The lowest BCUT2D eigenvalue weighted by Gasteiger charge is -2.09. The lowest BCUT2D eigenvalue weighted by molar-refractivity contribution is 0.102. The first kappa shape index (κ1) is 17.3. The van der Waals surface area contributed by atoms with Crippen molar-refractivity contribution in [1.82, 2.24) is 4.98 Å². The summed E-state index contributed by atoms with van der Waals surface area (Å²) in [5.74, 6) is -5.83. The van der Waals surface area contributed by atoms with Crippen LogP contribution in [0.25, 0.3) is 10.9 Å². The number of carbonyl (C=O) groups is 1. The third-order valence-electron chi connectivity index (χ3n) is 3.28. The van der Waals surface area contributed by atoms with E-state index in [9.17, 15) is 23.1 Å².